The highest BCUT2D eigenvalue weighted by molar-refractivity contribution is 5.89. The highest BCUT2D eigenvalue weighted by Crippen LogP contribution is 2.43. The maximum absolute atomic E-state index is 13.7. The van der Waals surface area contributed by atoms with E-state index >= 15 is 0 Å². The van der Waals surface area contributed by atoms with Crippen LogP contribution >= 0.6 is 0 Å². The Bertz CT molecular complexity index is 899. The lowest BCUT2D eigenvalue weighted by Crippen LogP contribution is -2.24. The van der Waals surface area contributed by atoms with Crippen LogP contribution in [0.1, 0.15) is 67.9 Å². The van der Waals surface area contributed by atoms with Crippen LogP contribution in [-0.2, 0) is 16.5 Å². The number of aliphatic hydroxyl groups excluding tert-OH is 1. The Hall–Kier alpha value is -2.62. The largest absolute Gasteiger partial charge is 0.461 e. The lowest BCUT2D eigenvalue weighted by atomic mass is 10.0. The smallest absolute Gasteiger partial charge is 0.420 e. The molecule has 0 spiro atoms. The lowest BCUT2D eigenvalue weighted by molar-refractivity contribution is -0.140. The first kappa shape index (κ1) is 22.7. The summed E-state index contributed by atoms with van der Waals surface area (Å²) in [5.41, 5.74) is -2.08. The summed E-state index contributed by atoms with van der Waals surface area (Å²) in [7, 11) is 0. The summed E-state index contributed by atoms with van der Waals surface area (Å²) in [5, 5.41) is 14.0. The molecular formula is C19H24F3N3O4. The molecule has 2 rings (SSSR count). The van der Waals surface area contributed by atoms with Gasteiger partial charge < -0.3 is 14.6 Å². The van der Waals surface area contributed by atoms with E-state index in [9.17, 15) is 23.1 Å². The monoisotopic (exact) mass is 415 g/mol. The third-order valence-electron chi connectivity index (χ3n) is 4.05. The minimum atomic E-state index is -4.80. The summed E-state index contributed by atoms with van der Waals surface area (Å²) in [6.07, 6.45) is -4.35. The van der Waals surface area contributed by atoms with E-state index in [1.165, 1.54) is 18.5 Å². The number of ether oxygens (including phenoxy) is 2. The van der Waals surface area contributed by atoms with Crippen LogP contribution in [0.5, 0.6) is 11.6 Å². The van der Waals surface area contributed by atoms with Gasteiger partial charge in [-0.15, -0.1) is 0 Å². The number of halogens is 3. The second-order valence-electron chi connectivity index (χ2n) is 7.46. The quantitative estimate of drug-likeness (QED) is 0.730. The standard InChI is InChI=1S/C19H24F3N3O4/c1-7-28-17(27)15-10(2)16(25(24-15)18(4,5)6)29-13-9-23-8-12(11(3)26)14(13)19(20,21)22/h8-9,11,26H,7H2,1-6H3. The number of hydrogen-bond donors (Lipinski definition) is 1. The van der Waals surface area contributed by atoms with Crippen molar-refractivity contribution >= 4 is 5.97 Å². The normalized spacial score (nSPS) is 13.3. The number of carbonyl (C=O) groups is 1. The molecule has 0 radical (unpaired) electrons. The minimum Gasteiger partial charge on any atom is -0.461 e. The third-order valence-corrected chi connectivity index (χ3v) is 4.05. The number of rotatable bonds is 5. The van der Waals surface area contributed by atoms with Gasteiger partial charge >= 0.3 is 12.1 Å². The van der Waals surface area contributed by atoms with Crippen LogP contribution in [0.2, 0.25) is 0 Å². The van der Waals surface area contributed by atoms with Crippen molar-refractivity contribution < 1.29 is 32.5 Å². The fourth-order valence-corrected chi connectivity index (χ4v) is 2.71. The van der Waals surface area contributed by atoms with Crippen LogP contribution in [0.3, 0.4) is 0 Å². The van der Waals surface area contributed by atoms with E-state index in [2.05, 4.69) is 10.1 Å². The number of esters is 1. The number of pyridine rings is 1. The third kappa shape index (κ3) is 4.69. The van der Waals surface area contributed by atoms with E-state index < -0.39 is 40.7 Å². The van der Waals surface area contributed by atoms with Crippen molar-refractivity contribution in [1.82, 2.24) is 14.8 Å². The molecule has 160 valence electrons. The summed E-state index contributed by atoms with van der Waals surface area (Å²) in [4.78, 5) is 16.0. The minimum absolute atomic E-state index is 0.0457. The van der Waals surface area contributed by atoms with Gasteiger partial charge in [-0.25, -0.2) is 9.48 Å². The zero-order valence-corrected chi connectivity index (χ0v) is 17.1. The van der Waals surface area contributed by atoms with Gasteiger partial charge in [-0.05, 0) is 41.5 Å². The van der Waals surface area contributed by atoms with Crippen LogP contribution in [-0.4, -0.2) is 32.4 Å². The second-order valence-corrected chi connectivity index (χ2v) is 7.46. The molecule has 0 aliphatic heterocycles. The molecule has 7 nitrogen and oxygen atoms in total. The Kier molecular flexibility index (Phi) is 6.27. The van der Waals surface area contributed by atoms with Crippen molar-refractivity contribution in [1.29, 1.82) is 0 Å². The Morgan fingerprint density at radius 3 is 2.38 bits per heavy atom. The first-order valence-corrected chi connectivity index (χ1v) is 8.97. The van der Waals surface area contributed by atoms with Crippen LogP contribution in [0.15, 0.2) is 12.4 Å². The lowest BCUT2D eigenvalue weighted by Gasteiger charge is -2.24. The molecule has 1 N–H and O–H groups in total. The summed E-state index contributed by atoms with van der Waals surface area (Å²) < 4.78 is 53.1. The predicted molar refractivity (Wildman–Crippen MR) is 97.9 cm³/mol. The Labute approximate surface area is 166 Å². The molecule has 0 bridgehead atoms. The summed E-state index contributed by atoms with van der Waals surface area (Å²) in [6.45, 7) is 9.75. The number of hydrogen-bond acceptors (Lipinski definition) is 6. The molecule has 1 unspecified atom stereocenters. The zero-order valence-electron chi connectivity index (χ0n) is 17.1. The van der Waals surface area contributed by atoms with E-state index in [1.54, 1.807) is 27.7 Å². The van der Waals surface area contributed by atoms with Crippen molar-refractivity contribution in [3.05, 3.63) is 34.8 Å². The van der Waals surface area contributed by atoms with Gasteiger partial charge in [0.15, 0.2) is 11.4 Å². The van der Waals surface area contributed by atoms with Gasteiger partial charge in [0.05, 0.1) is 24.4 Å². The van der Waals surface area contributed by atoms with E-state index in [0.717, 1.165) is 12.4 Å². The summed E-state index contributed by atoms with van der Waals surface area (Å²) >= 11 is 0. The molecule has 0 saturated carbocycles. The molecule has 0 aromatic carbocycles. The maximum atomic E-state index is 13.7. The molecule has 2 aromatic heterocycles. The van der Waals surface area contributed by atoms with Crippen LogP contribution in [0.25, 0.3) is 0 Å². The number of aliphatic hydroxyl groups is 1. The van der Waals surface area contributed by atoms with Gasteiger partial charge in [0.25, 0.3) is 0 Å². The van der Waals surface area contributed by atoms with E-state index in [4.69, 9.17) is 9.47 Å². The van der Waals surface area contributed by atoms with E-state index in [0.29, 0.717) is 0 Å². The number of carbonyl (C=O) groups excluding carboxylic acids is 1. The molecule has 0 aliphatic carbocycles. The second kappa shape index (κ2) is 8.02. The average Bonchev–Trinajstić information content (AvgIpc) is 2.91. The van der Waals surface area contributed by atoms with Crippen LogP contribution < -0.4 is 4.74 Å². The highest BCUT2D eigenvalue weighted by atomic mass is 19.4. The fraction of sp³-hybridized carbons (Fsp3) is 0.526. The molecule has 0 amide bonds. The Balaban J connectivity index is 2.69. The Morgan fingerprint density at radius 2 is 1.90 bits per heavy atom. The van der Waals surface area contributed by atoms with Crippen molar-refractivity contribution in [3.63, 3.8) is 0 Å². The molecular weight excluding hydrogens is 391 g/mol. The molecule has 2 heterocycles. The molecule has 10 heteroatoms. The SMILES string of the molecule is CCOC(=O)c1nn(C(C)(C)C)c(Oc2cncc(C(C)O)c2C(F)(F)F)c1C. The molecule has 0 aliphatic rings. The van der Waals surface area contributed by atoms with Crippen molar-refractivity contribution in [2.45, 2.75) is 59.4 Å². The van der Waals surface area contributed by atoms with Gasteiger partial charge in [-0.1, -0.05) is 0 Å². The number of alkyl halides is 3. The van der Waals surface area contributed by atoms with Crippen LogP contribution in [0, 0.1) is 6.92 Å². The average molecular weight is 415 g/mol. The maximum Gasteiger partial charge on any atom is 0.420 e. The van der Waals surface area contributed by atoms with Crippen molar-refractivity contribution in [3.8, 4) is 11.6 Å². The number of nitrogens with zero attached hydrogens (tertiary/aromatic N) is 3. The van der Waals surface area contributed by atoms with Gasteiger partial charge in [0.1, 0.15) is 5.56 Å². The first-order valence-electron chi connectivity index (χ1n) is 8.97. The molecule has 0 fully saturated rings. The molecule has 29 heavy (non-hydrogen) atoms. The molecule has 0 saturated heterocycles. The molecule has 1 atom stereocenters. The van der Waals surface area contributed by atoms with E-state index in [-0.39, 0.29) is 23.7 Å². The fourth-order valence-electron chi connectivity index (χ4n) is 2.71. The van der Waals surface area contributed by atoms with Gasteiger partial charge in [-0.3, -0.25) is 4.98 Å². The van der Waals surface area contributed by atoms with Gasteiger partial charge in [0, 0.05) is 17.3 Å². The van der Waals surface area contributed by atoms with Crippen molar-refractivity contribution in [2.75, 3.05) is 6.61 Å². The predicted octanol–water partition coefficient (Wildman–Crippen LogP) is 4.38. The summed E-state index contributed by atoms with van der Waals surface area (Å²) in [5.74, 6) is -1.35. The Morgan fingerprint density at radius 1 is 1.28 bits per heavy atom. The first-order chi connectivity index (χ1) is 13.3. The van der Waals surface area contributed by atoms with Crippen LogP contribution in [0.4, 0.5) is 13.2 Å². The molecule has 2 aromatic rings. The van der Waals surface area contributed by atoms with Crippen molar-refractivity contribution in [2.24, 2.45) is 0 Å². The summed E-state index contributed by atoms with van der Waals surface area (Å²) in [6, 6.07) is 0. The van der Waals surface area contributed by atoms with E-state index in [1.807, 2.05) is 0 Å². The number of aromatic nitrogens is 3. The topological polar surface area (TPSA) is 86.5 Å². The van der Waals surface area contributed by atoms with Gasteiger partial charge in [0.2, 0.25) is 5.88 Å². The highest BCUT2D eigenvalue weighted by Gasteiger charge is 2.39. The zero-order chi connectivity index (χ0) is 22.1. The van der Waals surface area contributed by atoms with Gasteiger partial charge in [-0.2, -0.15) is 18.3 Å².